The van der Waals surface area contributed by atoms with Gasteiger partial charge in [0, 0.05) is 18.2 Å². The van der Waals surface area contributed by atoms with Gasteiger partial charge >= 0.3 is 5.69 Å². The van der Waals surface area contributed by atoms with Gasteiger partial charge in [-0.2, -0.15) is 4.98 Å². The van der Waals surface area contributed by atoms with Crippen molar-refractivity contribution in [3.63, 3.8) is 0 Å². The van der Waals surface area contributed by atoms with Crippen LogP contribution >= 0.6 is 23.4 Å². The van der Waals surface area contributed by atoms with E-state index in [1.807, 2.05) is 0 Å². The predicted molar refractivity (Wildman–Crippen MR) is 72.0 cm³/mol. The summed E-state index contributed by atoms with van der Waals surface area (Å²) in [6.07, 6.45) is 1.74. The number of aromatic nitrogens is 2. The zero-order valence-electron chi connectivity index (χ0n) is 10.0. The molecule has 0 aliphatic rings. The van der Waals surface area contributed by atoms with E-state index in [1.54, 1.807) is 6.26 Å². The third kappa shape index (κ3) is 3.34. The molecule has 1 heterocycles. The molecule has 0 saturated heterocycles. The molecule has 1 aromatic carbocycles. The first-order valence-electron chi connectivity index (χ1n) is 5.20. The van der Waals surface area contributed by atoms with Gasteiger partial charge in [-0.25, -0.2) is 9.37 Å². The van der Waals surface area contributed by atoms with E-state index in [1.165, 1.54) is 17.8 Å². The highest BCUT2D eigenvalue weighted by Crippen LogP contribution is 2.32. The molecular weight excluding hydrogens is 309 g/mol. The number of halogens is 2. The lowest BCUT2D eigenvalue weighted by molar-refractivity contribution is -0.385. The summed E-state index contributed by atoms with van der Waals surface area (Å²) in [5.74, 6) is -0.907. The average Bonchev–Trinajstić information content (AvgIpc) is 2.37. The van der Waals surface area contributed by atoms with E-state index in [9.17, 15) is 14.5 Å². The molecule has 0 amide bonds. The standard InChI is InChI=1S/C11H7ClFN3O3S/c1-20-11-14-9(12)5-10(15-11)19-8-4-6(13)2-3-7(8)16(17)18/h2-5H,1H3. The lowest BCUT2D eigenvalue weighted by atomic mass is 10.3. The molecule has 104 valence electrons. The predicted octanol–water partition coefficient (Wildman–Crippen LogP) is 3.69. The van der Waals surface area contributed by atoms with Gasteiger partial charge in [0.1, 0.15) is 11.0 Å². The molecule has 0 aliphatic heterocycles. The van der Waals surface area contributed by atoms with Crippen LogP contribution in [0.1, 0.15) is 0 Å². The van der Waals surface area contributed by atoms with Gasteiger partial charge in [0.15, 0.2) is 5.16 Å². The summed E-state index contributed by atoms with van der Waals surface area (Å²) >= 11 is 7.00. The monoisotopic (exact) mass is 315 g/mol. The largest absolute Gasteiger partial charge is 0.431 e. The van der Waals surface area contributed by atoms with Crippen LogP contribution in [0.3, 0.4) is 0 Å². The Bertz CT molecular complexity index is 671. The quantitative estimate of drug-likeness (QED) is 0.281. The number of hydrogen-bond donors (Lipinski definition) is 0. The van der Waals surface area contributed by atoms with Crippen molar-refractivity contribution in [3.05, 3.63) is 45.4 Å². The maximum atomic E-state index is 13.2. The summed E-state index contributed by atoms with van der Waals surface area (Å²) in [6, 6.07) is 4.19. The van der Waals surface area contributed by atoms with E-state index in [2.05, 4.69) is 9.97 Å². The van der Waals surface area contributed by atoms with Crippen LogP contribution in [0, 0.1) is 15.9 Å². The lowest BCUT2D eigenvalue weighted by Crippen LogP contribution is -1.97. The number of nitrogens with zero attached hydrogens (tertiary/aromatic N) is 3. The van der Waals surface area contributed by atoms with Gasteiger partial charge in [0.25, 0.3) is 0 Å². The van der Waals surface area contributed by atoms with Crippen LogP contribution in [0.2, 0.25) is 5.15 Å². The van der Waals surface area contributed by atoms with Crippen LogP contribution in [-0.2, 0) is 0 Å². The lowest BCUT2D eigenvalue weighted by Gasteiger charge is -2.06. The number of nitro groups is 1. The molecule has 0 N–H and O–H groups in total. The number of thioether (sulfide) groups is 1. The molecular formula is C11H7ClFN3O3S. The molecule has 0 saturated carbocycles. The summed E-state index contributed by atoms with van der Waals surface area (Å²) in [4.78, 5) is 18.1. The summed E-state index contributed by atoms with van der Waals surface area (Å²) in [7, 11) is 0. The Hall–Kier alpha value is -1.93. The molecule has 0 bridgehead atoms. The highest BCUT2D eigenvalue weighted by Gasteiger charge is 2.17. The first kappa shape index (κ1) is 14.5. The Balaban J connectivity index is 2.41. The van der Waals surface area contributed by atoms with Crippen molar-refractivity contribution < 1.29 is 14.1 Å². The molecule has 9 heteroatoms. The molecule has 20 heavy (non-hydrogen) atoms. The zero-order valence-corrected chi connectivity index (χ0v) is 11.6. The fraction of sp³-hybridized carbons (Fsp3) is 0.0909. The molecule has 0 atom stereocenters. The van der Waals surface area contributed by atoms with Crippen LogP contribution in [0.25, 0.3) is 0 Å². The Labute approximate surface area is 122 Å². The molecule has 6 nitrogen and oxygen atoms in total. The van der Waals surface area contributed by atoms with Crippen LogP contribution < -0.4 is 4.74 Å². The highest BCUT2D eigenvalue weighted by molar-refractivity contribution is 7.98. The Morgan fingerprint density at radius 1 is 1.40 bits per heavy atom. The Kier molecular flexibility index (Phi) is 4.35. The fourth-order valence-electron chi connectivity index (χ4n) is 1.35. The SMILES string of the molecule is CSc1nc(Cl)cc(Oc2cc(F)ccc2[N+](=O)[O-])n1. The van der Waals surface area contributed by atoms with Gasteiger partial charge in [-0.3, -0.25) is 10.1 Å². The van der Waals surface area contributed by atoms with Crippen molar-refractivity contribution in [2.24, 2.45) is 0 Å². The topological polar surface area (TPSA) is 78.2 Å². The van der Waals surface area contributed by atoms with E-state index < -0.39 is 10.7 Å². The summed E-state index contributed by atoms with van der Waals surface area (Å²) in [5, 5.41) is 11.3. The summed E-state index contributed by atoms with van der Waals surface area (Å²) in [6.45, 7) is 0. The van der Waals surface area contributed by atoms with Gasteiger partial charge < -0.3 is 4.74 Å². The maximum Gasteiger partial charge on any atom is 0.311 e. The second kappa shape index (κ2) is 6.02. The second-order valence-corrected chi connectivity index (χ2v) is 4.65. The number of hydrogen-bond acceptors (Lipinski definition) is 6. The van der Waals surface area contributed by atoms with Crippen molar-refractivity contribution in [1.82, 2.24) is 9.97 Å². The second-order valence-electron chi connectivity index (χ2n) is 3.49. The first-order valence-corrected chi connectivity index (χ1v) is 6.80. The Morgan fingerprint density at radius 2 is 2.15 bits per heavy atom. The van der Waals surface area contributed by atoms with Crippen molar-refractivity contribution in [2.45, 2.75) is 5.16 Å². The van der Waals surface area contributed by atoms with E-state index in [0.717, 1.165) is 18.2 Å². The zero-order chi connectivity index (χ0) is 14.7. The van der Waals surface area contributed by atoms with Crippen molar-refractivity contribution >= 4 is 29.1 Å². The Morgan fingerprint density at radius 3 is 2.80 bits per heavy atom. The third-order valence-electron chi connectivity index (χ3n) is 2.17. The minimum atomic E-state index is -0.674. The van der Waals surface area contributed by atoms with Crippen molar-refractivity contribution in [3.8, 4) is 11.6 Å². The number of benzene rings is 1. The van der Waals surface area contributed by atoms with Crippen LogP contribution in [-0.4, -0.2) is 21.1 Å². The van der Waals surface area contributed by atoms with Crippen LogP contribution in [0.15, 0.2) is 29.4 Å². The van der Waals surface area contributed by atoms with Gasteiger partial charge in [-0.05, 0) is 12.3 Å². The minimum absolute atomic E-state index is 0.00282. The van der Waals surface area contributed by atoms with Gasteiger partial charge in [0.05, 0.1) is 4.92 Å². The maximum absolute atomic E-state index is 13.2. The summed E-state index contributed by atoms with van der Waals surface area (Å²) < 4.78 is 18.4. The molecule has 0 fully saturated rings. The highest BCUT2D eigenvalue weighted by atomic mass is 35.5. The minimum Gasteiger partial charge on any atom is -0.431 e. The number of ether oxygens (including phenoxy) is 1. The van der Waals surface area contributed by atoms with E-state index in [-0.39, 0.29) is 22.5 Å². The molecule has 2 aromatic rings. The van der Waals surface area contributed by atoms with Crippen molar-refractivity contribution in [2.75, 3.05) is 6.26 Å². The average molecular weight is 316 g/mol. The summed E-state index contributed by atoms with van der Waals surface area (Å²) in [5.41, 5.74) is -0.369. The van der Waals surface area contributed by atoms with Gasteiger partial charge in [0.2, 0.25) is 11.6 Å². The fourth-order valence-corrected chi connectivity index (χ4v) is 1.95. The molecule has 0 spiro atoms. The first-order chi connectivity index (χ1) is 9.49. The van der Waals surface area contributed by atoms with E-state index in [4.69, 9.17) is 16.3 Å². The van der Waals surface area contributed by atoms with Crippen LogP contribution in [0.4, 0.5) is 10.1 Å². The molecule has 2 rings (SSSR count). The van der Waals surface area contributed by atoms with Gasteiger partial charge in [-0.1, -0.05) is 23.4 Å². The third-order valence-corrected chi connectivity index (χ3v) is 2.91. The van der Waals surface area contributed by atoms with E-state index >= 15 is 0 Å². The number of nitro benzene ring substituents is 1. The normalized spacial score (nSPS) is 10.3. The molecule has 0 radical (unpaired) electrons. The van der Waals surface area contributed by atoms with E-state index in [0.29, 0.717) is 5.16 Å². The smallest absolute Gasteiger partial charge is 0.311 e. The molecule has 0 unspecified atom stereocenters. The van der Waals surface area contributed by atoms with Gasteiger partial charge in [-0.15, -0.1) is 0 Å². The molecule has 1 aromatic heterocycles. The van der Waals surface area contributed by atoms with Crippen molar-refractivity contribution in [1.29, 1.82) is 0 Å². The van der Waals surface area contributed by atoms with Crippen LogP contribution in [0.5, 0.6) is 11.6 Å². The molecule has 0 aliphatic carbocycles. The number of rotatable bonds is 4.